The summed E-state index contributed by atoms with van der Waals surface area (Å²) in [4.78, 5) is 71.8. The van der Waals surface area contributed by atoms with Gasteiger partial charge >= 0.3 is 39.5 Å². The average molecular weight is 1170 g/mol. The van der Waals surface area contributed by atoms with Crippen LogP contribution >= 0.6 is 15.6 Å². The Morgan fingerprint density at radius 3 is 0.962 bits per heavy atom. The second-order valence-electron chi connectivity index (χ2n) is 22.5. The van der Waals surface area contributed by atoms with Crippen LogP contribution in [0.15, 0.2) is 0 Å². The van der Waals surface area contributed by atoms with Crippen molar-refractivity contribution in [3.63, 3.8) is 0 Å². The molecule has 0 aliphatic heterocycles. The molecule has 468 valence electrons. The average Bonchev–Trinajstić information content (AvgIpc) is 3.42. The molecule has 0 aromatic rings. The van der Waals surface area contributed by atoms with E-state index >= 15 is 0 Å². The second-order valence-corrected chi connectivity index (χ2v) is 25.4. The molecule has 0 aliphatic rings. The molecule has 19 heteroatoms. The maximum absolute atomic E-state index is 12.9. The Labute approximate surface area is 479 Å². The third-order valence-corrected chi connectivity index (χ3v) is 16.0. The molecule has 0 rings (SSSR count). The number of aliphatic hydroxyl groups excluding tert-OH is 1. The maximum Gasteiger partial charge on any atom is 0.472 e. The highest BCUT2D eigenvalue weighted by Gasteiger charge is 2.30. The summed E-state index contributed by atoms with van der Waals surface area (Å²) in [6.07, 6.45) is 33.8. The summed E-state index contributed by atoms with van der Waals surface area (Å²) in [5, 5.41) is 10.5. The van der Waals surface area contributed by atoms with Gasteiger partial charge in [-0.05, 0) is 37.5 Å². The fourth-order valence-corrected chi connectivity index (χ4v) is 10.4. The first kappa shape index (κ1) is 77.1. The first-order valence-corrected chi connectivity index (χ1v) is 34.5. The zero-order valence-corrected chi connectivity index (χ0v) is 52.4. The quantitative estimate of drug-likeness (QED) is 0.0222. The molecule has 0 aliphatic carbocycles. The number of phosphoric acid groups is 2. The van der Waals surface area contributed by atoms with Gasteiger partial charge in [0.05, 0.1) is 26.4 Å². The van der Waals surface area contributed by atoms with Crippen LogP contribution in [-0.2, 0) is 65.4 Å². The lowest BCUT2D eigenvalue weighted by atomic mass is 10.00. The highest BCUT2D eigenvalue weighted by molar-refractivity contribution is 7.47. The van der Waals surface area contributed by atoms with Crippen LogP contribution in [0.5, 0.6) is 0 Å². The number of unbranched alkanes of at least 4 members (excludes halogenated alkanes) is 28. The van der Waals surface area contributed by atoms with Gasteiger partial charge in [0.2, 0.25) is 0 Å². The number of esters is 4. The summed E-state index contributed by atoms with van der Waals surface area (Å²) in [7, 11) is -9.87. The molecule has 0 spiro atoms. The summed E-state index contributed by atoms with van der Waals surface area (Å²) < 4.78 is 67.6. The van der Waals surface area contributed by atoms with E-state index in [9.17, 15) is 43.2 Å². The largest absolute Gasteiger partial charge is 0.472 e. The van der Waals surface area contributed by atoms with Crippen molar-refractivity contribution in [3.05, 3.63) is 0 Å². The van der Waals surface area contributed by atoms with Gasteiger partial charge in [-0.1, -0.05) is 241 Å². The van der Waals surface area contributed by atoms with Crippen LogP contribution < -0.4 is 0 Å². The molecule has 0 saturated heterocycles. The van der Waals surface area contributed by atoms with Gasteiger partial charge in [-0.25, -0.2) is 9.13 Å². The maximum atomic E-state index is 12.9. The van der Waals surface area contributed by atoms with E-state index in [1.165, 1.54) is 96.3 Å². The molecule has 79 heavy (non-hydrogen) atoms. The van der Waals surface area contributed by atoms with E-state index < -0.39 is 97.5 Å². The third-order valence-electron chi connectivity index (χ3n) is 14.1. The second kappa shape index (κ2) is 52.8. The van der Waals surface area contributed by atoms with Crippen molar-refractivity contribution in [1.29, 1.82) is 0 Å². The number of ether oxygens (including phenoxy) is 4. The number of hydrogen-bond acceptors (Lipinski definition) is 15. The van der Waals surface area contributed by atoms with Crippen molar-refractivity contribution in [1.82, 2.24) is 0 Å². The molecule has 0 saturated carbocycles. The number of hydrogen-bond donors (Lipinski definition) is 3. The lowest BCUT2D eigenvalue weighted by Gasteiger charge is -2.21. The van der Waals surface area contributed by atoms with E-state index in [0.29, 0.717) is 25.7 Å². The monoisotopic (exact) mass is 1170 g/mol. The molecule has 0 aromatic carbocycles. The minimum absolute atomic E-state index is 0.105. The Morgan fingerprint density at radius 2 is 0.646 bits per heavy atom. The molecular weight excluding hydrogens is 1050 g/mol. The molecule has 0 amide bonds. The Balaban J connectivity index is 5.18. The zero-order valence-electron chi connectivity index (χ0n) is 50.7. The predicted octanol–water partition coefficient (Wildman–Crippen LogP) is 16.1. The van der Waals surface area contributed by atoms with Crippen LogP contribution in [0.3, 0.4) is 0 Å². The smallest absolute Gasteiger partial charge is 0.462 e. The van der Waals surface area contributed by atoms with Crippen molar-refractivity contribution in [3.8, 4) is 0 Å². The topological polar surface area (TPSA) is 237 Å². The fourth-order valence-electron chi connectivity index (χ4n) is 8.79. The van der Waals surface area contributed by atoms with E-state index in [2.05, 4.69) is 41.5 Å². The lowest BCUT2D eigenvalue weighted by Crippen LogP contribution is -2.30. The number of carbonyl (C=O) groups is 4. The summed E-state index contributed by atoms with van der Waals surface area (Å²) in [6, 6.07) is 0. The molecule has 3 N–H and O–H groups in total. The van der Waals surface area contributed by atoms with Crippen LogP contribution in [0.4, 0.5) is 0 Å². The van der Waals surface area contributed by atoms with Gasteiger partial charge in [-0.15, -0.1) is 0 Å². The number of rotatable bonds is 59. The molecule has 3 unspecified atom stereocenters. The molecule has 0 fully saturated rings. The Bertz CT molecular complexity index is 1570. The Hall–Kier alpha value is -1.94. The molecule has 0 aromatic heterocycles. The lowest BCUT2D eigenvalue weighted by molar-refractivity contribution is -0.161. The Morgan fingerprint density at radius 1 is 0.367 bits per heavy atom. The first-order valence-electron chi connectivity index (χ1n) is 31.5. The van der Waals surface area contributed by atoms with E-state index in [-0.39, 0.29) is 25.7 Å². The van der Waals surface area contributed by atoms with Gasteiger partial charge in [0.1, 0.15) is 19.3 Å². The first-order chi connectivity index (χ1) is 37.9. The van der Waals surface area contributed by atoms with E-state index in [1.54, 1.807) is 0 Å². The van der Waals surface area contributed by atoms with Crippen LogP contribution in [-0.4, -0.2) is 96.7 Å². The zero-order chi connectivity index (χ0) is 58.7. The van der Waals surface area contributed by atoms with Crippen LogP contribution in [0.1, 0.15) is 292 Å². The molecule has 0 heterocycles. The summed E-state index contributed by atoms with van der Waals surface area (Å²) in [6.45, 7) is 9.33. The number of carbonyl (C=O) groups excluding carboxylic acids is 4. The normalized spacial score (nSPS) is 14.8. The molecule has 17 nitrogen and oxygen atoms in total. The minimum atomic E-state index is -4.94. The van der Waals surface area contributed by atoms with E-state index in [1.807, 2.05) is 0 Å². The van der Waals surface area contributed by atoms with Gasteiger partial charge < -0.3 is 33.8 Å². The van der Waals surface area contributed by atoms with Crippen molar-refractivity contribution < 1.29 is 80.2 Å². The number of aliphatic hydroxyl groups is 1. The van der Waals surface area contributed by atoms with Crippen LogP contribution in [0.2, 0.25) is 0 Å². The molecular formula is C60H116O17P2. The van der Waals surface area contributed by atoms with Crippen molar-refractivity contribution in [2.75, 3.05) is 39.6 Å². The standard InChI is InChI=1S/C60H116O17P2/c1-7-10-12-14-15-16-21-24-32-38-44-59(64)76-55(48-70-57(62)42-36-28-13-11-8-2)50-74-78(66,67)72-46-54(61)47-73-79(68,69)75-51-56(49-71-58(63)43-37-31-27-26-30-35-41-53(6)9-3)77-60(65)45-39-33-25-22-19-17-18-20-23-29-34-40-52(4)5/h52-56,61H,7-51H2,1-6H3,(H,66,67)(H,68,69)/t53?,54-,55+,56+/m0/s1. The van der Waals surface area contributed by atoms with Gasteiger partial charge in [-0.3, -0.25) is 37.3 Å². The molecule has 0 bridgehead atoms. The minimum Gasteiger partial charge on any atom is -0.462 e. The highest BCUT2D eigenvalue weighted by atomic mass is 31.2. The predicted molar refractivity (Wildman–Crippen MR) is 312 cm³/mol. The van der Waals surface area contributed by atoms with Gasteiger partial charge in [-0.2, -0.15) is 0 Å². The van der Waals surface area contributed by atoms with Crippen LogP contribution in [0.25, 0.3) is 0 Å². The van der Waals surface area contributed by atoms with Gasteiger partial charge in [0, 0.05) is 25.7 Å². The SMILES string of the molecule is CCCCCCCCCCCCC(=O)O[C@H](COC(=O)CCCCCCC)COP(=O)(O)OC[C@H](O)COP(=O)(O)OC[C@@H](COC(=O)CCCCCCCCC(C)CC)OC(=O)CCCCCCCCCCCCCC(C)C. The molecule has 0 radical (unpaired) electrons. The van der Waals surface area contributed by atoms with E-state index in [0.717, 1.165) is 115 Å². The van der Waals surface area contributed by atoms with E-state index in [4.69, 9.17) is 37.0 Å². The number of phosphoric ester groups is 2. The van der Waals surface area contributed by atoms with Gasteiger partial charge in [0.25, 0.3) is 0 Å². The fraction of sp³-hybridized carbons (Fsp3) is 0.933. The summed E-state index contributed by atoms with van der Waals surface area (Å²) >= 11 is 0. The van der Waals surface area contributed by atoms with Crippen LogP contribution in [0, 0.1) is 11.8 Å². The van der Waals surface area contributed by atoms with Crippen molar-refractivity contribution in [2.45, 2.75) is 310 Å². The third kappa shape index (κ3) is 53.8. The highest BCUT2D eigenvalue weighted by Crippen LogP contribution is 2.45. The summed E-state index contributed by atoms with van der Waals surface area (Å²) in [5.74, 6) is -0.655. The van der Waals surface area contributed by atoms with Gasteiger partial charge in [0.15, 0.2) is 12.2 Å². The van der Waals surface area contributed by atoms with Crippen molar-refractivity contribution in [2.24, 2.45) is 11.8 Å². The summed E-state index contributed by atoms with van der Waals surface area (Å²) in [5.41, 5.74) is 0. The Kier molecular flexibility index (Phi) is 51.5. The molecule has 6 atom stereocenters. The van der Waals surface area contributed by atoms with Crippen molar-refractivity contribution >= 4 is 39.5 Å².